The molecule has 2 aromatic heterocycles. The first-order chi connectivity index (χ1) is 9.16. The molecular formula is C12H7F3N4. The lowest BCUT2D eigenvalue weighted by molar-refractivity contribution is 0.146. The first-order valence-electron chi connectivity index (χ1n) is 5.39. The third-order valence-electron chi connectivity index (χ3n) is 2.68. The van der Waals surface area contributed by atoms with E-state index in [1.54, 1.807) is 0 Å². The second-order valence-corrected chi connectivity index (χ2v) is 3.85. The van der Waals surface area contributed by atoms with Gasteiger partial charge in [-0.3, -0.25) is 0 Å². The Kier molecular flexibility index (Phi) is 2.66. The Morgan fingerprint density at radius 2 is 2.05 bits per heavy atom. The third kappa shape index (κ3) is 1.92. The van der Waals surface area contributed by atoms with Crippen LogP contribution in [-0.4, -0.2) is 19.9 Å². The minimum Gasteiger partial charge on any atom is -0.335 e. The normalized spacial score (nSPS) is 11.4. The zero-order valence-corrected chi connectivity index (χ0v) is 9.44. The molecule has 0 aliphatic rings. The summed E-state index contributed by atoms with van der Waals surface area (Å²) in [6, 6.07) is 3.79. The highest BCUT2D eigenvalue weighted by atomic mass is 19.3. The van der Waals surface area contributed by atoms with E-state index in [0.717, 1.165) is 6.07 Å². The molecule has 0 radical (unpaired) electrons. The molecule has 0 saturated heterocycles. The highest BCUT2D eigenvalue weighted by molar-refractivity contribution is 5.75. The van der Waals surface area contributed by atoms with Crippen molar-refractivity contribution in [3.63, 3.8) is 0 Å². The number of aromatic nitrogens is 4. The van der Waals surface area contributed by atoms with Gasteiger partial charge in [-0.05, 0) is 6.07 Å². The van der Waals surface area contributed by atoms with Gasteiger partial charge in [-0.15, -0.1) is 0 Å². The van der Waals surface area contributed by atoms with E-state index in [1.807, 2.05) is 0 Å². The summed E-state index contributed by atoms with van der Waals surface area (Å²) in [7, 11) is 0. The molecule has 3 rings (SSSR count). The van der Waals surface area contributed by atoms with Gasteiger partial charge in [0.25, 0.3) is 6.43 Å². The van der Waals surface area contributed by atoms with E-state index >= 15 is 0 Å². The Hall–Kier alpha value is -2.44. The topological polar surface area (TPSA) is 54.5 Å². The van der Waals surface area contributed by atoms with Gasteiger partial charge in [0.2, 0.25) is 0 Å². The summed E-state index contributed by atoms with van der Waals surface area (Å²) < 4.78 is 39.2. The monoisotopic (exact) mass is 264 g/mol. The quantitative estimate of drug-likeness (QED) is 0.773. The van der Waals surface area contributed by atoms with Crippen molar-refractivity contribution in [2.75, 3.05) is 0 Å². The predicted octanol–water partition coefficient (Wildman–Crippen LogP) is 3.10. The number of nitrogens with one attached hydrogen (secondary N) is 1. The SMILES string of the molecule is Fc1c(-c2nc3ncncc3[nH]2)cccc1C(F)F. The zero-order chi connectivity index (χ0) is 13.4. The molecule has 0 fully saturated rings. The molecule has 19 heavy (non-hydrogen) atoms. The highest BCUT2D eigenvalue weighted by Gasteiger charge is 2.18. The molecule has 96 valence electrons. The van der Waals surface area contributed by atoms with Gasteiger partial charge in [0.05, 0.1) is 17.3 Å². The molecule has 2 heterocycles. The van der Waals surface area contributed by atoms with Crippen molar-refractivity contribution >= 4 is 11.2 Å². The van der Waals surface area contributed by atoms with E-state index in [0.29, 0.717) is 11.2 Å². The number of hydrogen-bond donors (Lipinski definition) is 1. The zero-order valence-electron chi connectivity index (χ0n) is 9.44. The summed E-state index contributed by atoms with van der Waals surface area (Å²) >= 11 is 0. The van der Waals surface area contributed by atoms with Crippen LogP contribution in [0.15, 0.2) is 30.7 Å². The Morgan fingerprint density at radius 1 is 1.21 bits per heavy atom. The lowest BCUT2D eigenvalue weighted by Gasteiger charge is -2.05. The first-order valence-corrected chi connectivity index (χ1v) is 5.39. The Balaban J connectivity index is 2.18. The van der Waals surface area contributed by atoms with Gasteiger partial charge >= 0.3 is 0 Å². The van der Waals surface area contributed by atoms with E-state index < -0.39 is 17.8 Å². The Morgan fingerprint density at radius 3 is 2.79 bits per heavy atom. The van der Waals surface area contributed by atoms with Gasteiger partial charge < -0.3 is 4.98 Å². The summed E-state index contributed by atoms with van der Waals surface area (Å²) in [5.74, 6) is -0.833. The van der Waals surface area contributed by atoms with Crippen molar-refractivity contribution in [3.8, 4) is 11.4 Å². The number of fused-ring (bicyclic) bond motifs is 1. The molecule has 0 spiro atoms. The van der Waals surface area contributed by atoms with Crippen LogP contribution in [0.3, 0.4) is 0 Å². The largest absolute Gasteiger partial charge is 0.335 e. The van der Waals surface area contributed by atoms with Crippen molar-refractivity contribution in [1.29, 1.82) is 0 Å². The number of aromatic amines is 1. The highest BCUT2D eigenvalue weighted by Crippen LogP contribution is 2.29. The maximum Gasteiger partial charge on any atom is 0.266 e. The summed E-state index contributed by atoms with van der Waals surface area (Å²) in [6.07, 6.45) is -0.0869. The summed E-state index contributed by atoms with van der Waals surface area (Å²) in [5, 5.41) is 0. The van der Waals surface area contributed by atoms with Crippen molar-refractivity contribution in [2.24, 2.45) is 0 Å². The summed E-state index contributed by atoms with van der Waals surface area (Å²) in [6.45, 7) is 0. The van der Waals surface area contributed by atoms with Gasteiger partial charge in [-0.1, -0.05) is 12.1 Å². The predicted molar refractivity (Wildman–Crippen MR) is 62.0 cm³/mol. The van der Waals surface area contributed by atoms with Crippen molar-refractivity contribution < 1.29 is 13.2 Å². The van der Waals surface area contributed by atoms with Crippen LogP contribution in [0.25, 0.3) is 22.6 Å². The standard InChI is InChI=1S/C12H7F3N4/c13-9-6(10(14)15)2-1-3-7(9)11-18-8-4-16-5-17-12(8)19-11/h1-5,10H,(H,16,17,18,19). The second kappa shape index (κ2) is 4.34. The molecular weight excluding hydrogens is 257 g/mol. The van der Waals surface area contributed by atoms with Crippen LogP contribution in [0.1, 0.15) is 12.0 Å². The number of benzene rings is 1. The fourth-order valence-corrected chi connectivity index (χ4v) is 1.79. The first kappa shape index (κ1) is 11.6. The maximum absolute atomic E-state index is 14.0. The number of halogens is 3. The average Bonchev–Trinajstić information content (AvgIpc) is 2.82. The fourth-order valence-electron chi connectivity index (χ4n) is 1.79. The molecule has 0 aliphatic carbocycles. The van der Waals surface area contributed by atoms with Gasteiger partial charge in [-0.25, -0.2) is 28.1 Å². The van der Waals surface area contributed by atoms with Gasteiger partial charge in [0.1, 0.15) is 23.5 Å². The lowest BCUT2D eigenvalue weighted by Crippen LogP contribution is -1.94. The van der Waals surface area contributed by atoms with Crippen molar-refractivity contribution in [3.05, 3.63) is 42.1 Å². The number of H-pyrrole nitrogens is 1. The molecule has 0 atom stereocenters. The van der Waals surface area contributed by atoms with Gasteiger partial charge in [0, 0.05) is 0 Å². The number of alkyl halides is 2. The van der Waals surface area contributed by atoms with E-state index in [4.69, 9.17) is 0 Å². The lowest BCUT2D eigenvalue weighted by atomic mass is 10.1. The molecule has 0 aliphatic heterocycles. The van der Waals surface area contributed by atoms with Crippen LogP contribution in [0.4, 0.5) is 13.2 Å². The van der Waals surface area contributed by atoms with Crippen LogP contribution >= 0.6 is 0 Å². The molecule has 4 nitrogen and oxygen atoms in total. The number of imidazole rings is 1. The molecule has 0 unspecified atom stereocenters. The average molecular weight is 264 g/mol. The van der Waals surface area contributed by atoms with Crippen LogP contribution < -0.4 is 0 Å². The maximum atomic E-state index is 14.0. The fraction of sp³-hybridized carbons (Fsp3) is 0.0833. The van der Waals surface area contributed by atoms with Gasteiger partial charge in [-0.2, -0.15) is 0 Å². The molecule has 0 amide bonds. The molecule has 1 aromatic carbocycles. The van der Waals surface area contributed by atoms with Crippen molar-refractivity contribution in [1.82, 2.24) is 19.9 Å². The van der Waals surface area contributed by atoms with Crippen LogP contribution in [0.5, 0.6) is 0 Å². The smallest absolute Gasteiger partial charge is 0.266 e. The molecule has 0 bridgehead atoms. The molecule has 7 heteroatoms. The van der Waals surface area contributed by atoms with Crippen LogP contribution in [-0.2, 0) is 0 Å². The summed E-state index contributed by atoms with van der Waals surface area (Å²) in [4.78, 5) is 14.5. The molecule has 1 N–H and O–H groups in total. The second-order valence-electron chi connectivity index (χ2n) is 3.85. The Labute approximate surface area is 105 Å². The Bertz CT molecular complexity index is 706. The van der Waals surface area contributed by atoms with E-state index in [2.05, 4.69) is 19.9 Å². The number of hydrogen-bond acceptors (Lipinski definition) is 3. The van der Waals surface area contributed by atoms with Crippen molar-refractivity contribution in [2.45, 2.75) is 6.43 Å². The van der Waals surface area contributed by atoms with E-state index in [9.17, 15) is 13.2 Å². The number of rotatable bonds is 2. The third-order valence-corrected chi connectivity index (χ3v) is 2.68. The molecule has 3 aromatic rings. The summed E-state index contributed by atoms with van der Waals surface area (Å²) in [5.41, 5.74) is 0.200. The van der Waals surface area contributed by atoms with E-state index in [-0.39, 0.29) is 11.4 Å². The van der Waals surface area contributed by atoms with Crippen LogP contribution in [0.2, 0.25) is 0 Å². The number of nitrogens with zero attached hydrogens (tertiary/aromatic N) is 3. The van der Waals surface area contributed by atoms with Crippen LogP contribution in [0, 0.1) is 5.82 Å². The molecule has 0 saturated carbocycles. The van der Waals surface area contributed by atoms with E-state index in [1.165, 1.54) is 24.7 Å². The van der Waals surface area contributed by atoms with Gasteiger partial charge in [0.15, 0.2) is 5.65 Å². The minimum atomic E-state index is -2.87. The minimum absolute atomic E-state index is 0.0178.